The molecular formula is C9H11NO4S. The molecule has 0 radical (unpaired) electrons. The van der Waals surface area contributed by atoms with Crippen LogP contribution in [0.3, 0.4) is 0 Å². The summed E-state index contributed by atoms with van der Waals surface area (Å²) in [5.41, 5.74) is 5.11. The number of rotatable bonds is 4. The van der Waals surface area contributed by atoms with E-state index >= 15 is 0 Å². The molecule has 0 saturated carbocycles. The summed E-state index contributed by atoms with van der Waals surface area (Å²) in [6.07, 6.45) is 1.64. The first-order chi connectivity index (χ1) is 7.29. The Morgan fingerprint density at radius 3 is 2.47 bits per heavy atom. The minimum atomic E-state index is -2.14. The van der Waals surface area contributed by atoms with Crippen molar-refractivity contribution in [2.75, 3.05) is 0 Å². The molecule has 0 amide bonds. The number of hydrogen-bond acceptors (Lipinski definition) is 5. The first kappa shape index (κ1) is 10.7. The molecule has 5 nitrogen and oxygen atoms in total. The highest BCUT2D eigenvalue weighted by molar-refractivity contribution is 7.74. The van der Waals surface area contributed by atoms with Crippen LogP contribution < -0.4 is 5.48 Å². The fourth-order valence-corrected chi connectivity index (χ4v) is 2.01. The first-order valence-electron chi connectivity index (χ1n) is 4.53. The molecule has 0 spiro atoms. The predicted molar refractivity (Wildman–Crippen MR) is 53.7 cm³/mol. The van der Waals surface area contributed by atoms with Crippen LogP contribution in [0.25, 0.3) is 0 Å². The summed E-state index contributed by atoms with van der Waals surface area (Å²) >= 11 is -2.14. The molecule has 0 fully saturated rings. The van der Waals surface area contributed by atoms with Gasteiger partial charge in [-0.05, 0) is 24.0 Å². The van der Waals surface area contributed by atoms with E-state index in [4.69, 9.17) is 5.26 Å². The fourth-order valence-electron chi connectivity index (χ4n) is 1.76. The van der Waals surface area contributed by atoms with E-state index in [2.05, 4.69) is 26.2 Å². The molecule has 1 aromatic rings. The van der Waals surface area contributed by atoms with Crippen molar-refractivity contribution in [1.29, 1.82) is 0 Å². The molecule has 0 aromatic heterocycles. The molecule has 0 heterocycles. The monoisotopic (exact) mass is 229 g/mol. The molecule has 0 aliphatic heterocycles. The lowest BCUT2D eigenvalue weighted by Crippen LogP contribution is -2.30. The fraction of sp³-hybridized carbons (Fsp3) is 0.333. The van der Waals surface area contributed by atoms with Crippen LogP contribution >= 0.6 is 0 Å². The van der Waals surface area contributed by atoms with Crippen LogP contribution in [0.4, 0.5) is 0 Å². The Morgan fingerprint density at radius 2 is 1.93 bits per heavy atom. The molecule has 6 heteroatoms. The van der Waals surface area contributed by atoms with Gasteiger partial charge in [0.2, 0.25) is 0 Å². The number of benzene rings is 1. The van der Waals surface area contributed by atoms with Crippen LogP contribution in [0.15, 0.2) is 24.3 Å². The number of fused-ring (bicyclic) bond motifs is 1. The van der Waals surface area contributed by atoms with Crippen molar-refractivity contribution in [2.45, 2.75) is 18.9 Å². The summed E-state index contributed by atoms with van der Waals surface area (Å²) in [6.45, 7) is 0. The molecular weight excluding hydrogens is 218 g/mol. The van der Waals surface area contributed by atoms with Gasteiger partial charge in [0, 0.05) is 6.04 Å². The molecule has 2 rings (SSSR count). The Morgan fingerprint density at radius 1 is 1.33 bits per heavy atom. The van der Waals surface area contributed by atoms with E-state index in [0.717, 1.165) is 12.8 Å². The van der Waals surface area contributed by atoms with Gasteiger partial charge in [-0.1, -0.05) is 24.3 Å². The normalized spacial score (nSPS) is 17.7. The van der Waals surface area contributed by atoms with Crippen molar-refractivity contribution < 1.29 is 18.1 Å². The summed E-state index contributed by atoms with van der Waals surface area (Å²) in [5.74, 6) is 0. The number of nitrogens with one attached hydrogen (secondary N) is 1. The van der Waals surface area contributed by atoms with E-state index < -0.39 is 11.4 Å². The van der Waals surface area contributed by atoms with Crippen LogP contribution in [0, 0.1) is 0 Å². The molecule has 1 aromatic carbocycles. The van der Waals surface area contributed by atoms with Crippen LogP contribution in [0.2, 0.25) is 0 Å². The van der Waals surface area contributed by atoms with Crippen molar-refractivity contribution in [1.82, 2.24) is 5.48 Å². The summed E-state index contributed by atoms with van der Waals surface area (Å²) < 4.78 is 18.6. The molecule has 1 unspecified atom stereocenters. The molecule has 15 heavy (non-hydrogen) atoms. The van der Waals surface area contributed by atoms with E-state index in [0.29, 0.717) is 0 Å². The number of hydroxylamine groups is 1. The topological polar surface area (TPSA) is 67.8 Å². The summed E-state index contributed by atoms with van der Waals surface area (Å²) in [7, 11) is 0. The number of hydrogen-bond donors (Lipinski definition) is 2. The van der Waals surface area contributed by atoms with Gasteiger partial charge in [0.1, 0.15) is 0 Å². The van der Waals surface area contributed by atoms with Gasteiger partial charge in [0.25, 0.3) is 0 Å². The van der Waals surface area contributed by atoms with Crippen molar-refractivity contribution in [3.63, 3.8) is 0 Å². The average molecular weight is 229 g/mol. The molecule has 1 aliphatic carbocycles. The van der Waals surface area contributed by atoms with E-state index in [1.165, 1.54) is 11.1 Å². The smallest absolute Gasteiger partial charge is 0.235 e. The van der Waals surface area contributed by atoms with Gasteiger partial charge < -0.3 is 0 Å². The zero-order chi connectivity index (χ0) is 10.7. The Hall–Kier alpha value is -0.790. The minimum Gasteiger partial charge on any atom is -0.235 e. The molecule has 82 valence electrons. The van der Waals surface area contributed by atoms with Gasteiger partial charge in [0.05, 0.1) is 0 Å². The quantitative estimate of drug-likeness (QED) is 0.589. The van der Waals surface area contributed by atoms with E-state index in [-0.39, 0.29) is 6.04 Å². The first-order valence-corrected chi connectivity index (χ1v) is 5.53. The maximum atomic E-state index is 10.6. The highest BCUT2D eigenvalue weighted by Crippen LogP contribution is 2.21. The third kappa shape index (κ3) is 2.61. The average Bonchev–Trinajstić information content (AvgIpc) is 2.68. The van der Waals surface area contributed by atoms with Crippen LogP contribution in [0.1, 0.15) is 11.1 Å². The van der Waals surface area contributed by atoms with Crippen LogP contribution in [-0.4, -0.2) is 15.5 Å². The van der Waals surface area contributed by atoms with Gasteiger partial charge in [-0.2, -0.15) is 14.0 Å². The second-order valence-electron chi connectivity index (χ2n) is 3.35. The third-order valence-electron chi connectivity index (χ3n) is 2.39. The van der Waals surface area contributed by atoms with Crippen molar-refractivity contribution in [2.24, 2.45) is 0 Å². The Balaban J connectivity index is 1.88. The van der Waals surface area contributed by atoms with Crippen molar-refractivity contribution >= 4 is 11.4 Å². The Bertz CT molecular complexity index is 346. The molecule has 1 atom stereocenters. The highest BCUT2D eigenvalue weighted by atomic mass is 32.2. The van der Waals surface area contributed by atoms with Crippen molar-refractivity contribution in [3.05, 3.63) is 35.4 Å². The standard InChI is InChI=1S/C9H11NO4S/c11-14-15(12)13-10-9-5-7-3-1-2-4-8(7)6-9/h1-4,9-11H,5-6H2. The summed E-state index contributed by atoms with van der Waals surface area (Å²) in [5, 5.41) is 8.02. The Labute approximate surface area is 89.8 Å². The molecule has 1 aliphatic rings. The molecule has 0 saturated heterocycles. The zero-order valence-corrected chi connectivity index (χ0v) is 8.70. The Kier molecular flexibility index (Phi) is 3.45. The molecule has 2 N–H and O–H groups in total. The molecule has 0 bridgehead atoms. The lowest BCUT2D eigenvalue weighted by atomic mass is 10.1. The lowest BCUT2D eigenvalue weighted by molar-refractivity contribution is -0.138. The third-order valence-corrected chi connectivity index (χ3v) is 2.75. The second kappa shape index (κ2) is 4.82. The maximum Gasteiger partial charge on any atom is 0.351 e. The predicted octanol–water partition coefficient (Wildman–Crippen LogP) is 0.743. The van der Waals surface area contributed by atoms with Crippen LogP contribution in [-0.2, 0) is 32.8 Å². The van der Waals surface area contributed by atoms with Gasteiger partial charge >= 0.3 is 11.4 Å². The summed E-state index contributed by atoms with van der Waals surface area (Å²) in [6, 6.07) is 8.14. The van der Waals surface area contributed by atoms with Crippen LogP contribution in [0.5, 0.6) is 0 Å². The zero-order valence-electron chi connectivity index (χ0n) is 7.88. The maximum absolute atomic E-state index is 10.6. The second-order valence-corrected chi connectivity index (χ2v) is 4.08. The lowest BCUT2D eigenvalue weighted by Gasteiger charge is -2.08. The minimum absolute atomic E-state index is 0.0708. The largest absolute Gasteiger partial charge is 0.351 e. The van der Waals surface area contributed by atoms with E-state index in [1.807, 2.05) is 12.1 Å². The van der Waals surface area contributed by atoms with E-state index in [1.54, 1.807) is 0 Å². The van der Waals surface area contributed by atoms with E-state index in [9.17, 15) is 4.21 Å². The van der Waals surface area contributed by atoms with Gasteiger partial charge in [-0.15, -0.1) is 4.33 Å². The van der Waals surface area contributed by atoms with Gasteiger partial charge in [-0.3, -0.25) is 0 Å². The van der Waals surface area contributed by atoms with Gasteiger partial charge in [0.15, 0.2) is 0 Å². The SMILES string of the molecule is O=S(OO)ONC1Cc2ccccc2C1. The summed E-state index contributed by atoms with van der Waals surface area (Å²) in [4.78, 5) is 0. The van der Waals surface area contributed by atoms with Gasteiger partial charge in [-0.25, -0.2) is 5.26 Å². The highest BCUT2D eigenvalue weighted by Gasteiger charge is 2.21. The van der Waals surface area contributed by atoms with Crippen molar-refractivity contribution in [3.8, 4) is 0 Å².